The number of ether oxygens (including phenoxy) is 2. The molecule has 2 N–H and O–H groups in total. The van der Waals surface area contributed by atoms with Gasteiger partial charge in [-0.25, -0.2) is 0 Å². The largest absolute Gasteiger partial charge is 0.493 e. The third-order valence-electron chi connectivity index (χ3n) is 6.06. The number of rotatable bonds is 5. The lowest BCUT2D eigenvalue weighted by Gasteiger charge is -2.33. The van der Waals surface area contributed by atoms with Gasteiger partial charge in [0.1, 0.15) is 11.5 Å². The molecule has 1 aliphatic heterocycles. The maximum Gasteiger partial charge on any atom is 0.255 e. The van der Waals surface area contributed by atoms with Gasteiger partial charge in [-0.15, -0.1) is 0 Å². The number of hydrogen-bond donors (Lipinski definition) is 2. The van der Waals surface area contributed by atoms with Crippen LogP contribution in [0.25, 0.3) is 0 Å². The summed E-state index contributed by atoms with van der Waals surface area (Å²) in [5.74, 6) is 2.65. The average Bonchev–Trinajstić information content (AvgIpc) is 3.10. The molecule has 30 heavy (non-hydrogen) atoms. The van der Waals surface area contributed by atoms with Crippen LogP contribution in [-0.4, -0.2) is 32.1 Å². The van der Waals surface area contributed by atoms with Crippen LogP contribution >= 0.6 is 0 Å². The molecule has 7 heteroatoms. The van der Waals surface area contributed by atoms with Crippen molar-refractivity contribution < 1.29 is 23.5 Å². The van der Waals surface area contributed by atoms with Gasteiger partial charge in [-0.05, 0) is 50.3 Å². The van der Waals surface area contributed by atoms with Crippen molar-refractivity contribution in [1.82, 2.24) is 10.6 Å². The van der Waals surface area contributed by atoms with Crippen molar-refractivity contribution in [2.75, 3.05) is 14.2 Å². The molecule has 2 atom stereocenters. The van der Waals surface area contributed by atoms with Crippen LogP contribution in [0.1, 0.15) is 64.7 Å². The highest BCUT2D eigenvalue weighted by atomic mass is 16.5. The number of carbonyl (C=O) groups excluding carboxylic acids is 2. The lowest BCUT2D eigenvalue weighted by atomic mass is 9.90. The first-order valence-corrected chi connectivity index (χ1v) is 10.4. The number of carbonyl (C=O) groups is 2. The lowest BCUT2D eigenvalue weighted by molar-refractivity contribution is -0.123. The zero-order chi connectivity index (χ0) is 21.3. The smallest absolute Gasteiger partial charge is 0.255 e. The van der Waals surface area contributed by atoms with Gasteiger partial charge in [0.05, 0.1) is 31.9 Å². The van der Waals surface area contributed by atoms with E-state index in [1.807, 2.05) is 25.1 Å². The maximum absolute atomic E-state index is 13.2. The highest BCUT2D eigenvalue weighted by Crippen LogP contribution is 2.34. The van der Waals surface area contributed by atoms with Crippen molar-refractivity contribution in [3.05, 3.63) is 46.4 Å². The quantitative estimate of drug-likeness (QED) is 0.787. The standard InChI is InChI=1S/C23H28N2O5/c1-13-21(15-6-4-5-7-17(15)30-13)23(27)24-16-9-11-20(26)25-22(16)14-8-10-18(28-2)19(12-14)29-3/h8,10,12,16,22H,4-7,9,11H2,1-3H3,(H,24,27)(H,25,26). The topological polar surface area (TPSA) is 89.8 Å². The number of benzene rings is 1. The molecule has 2 amide bonds. The highest BCUT2D eigenvalue weighted by molar-refractivity contribution is 5.97. The Hall–Kier alpha value is -2.96. The summed E-state index contributed by atoms with van der Waals surface area (Å²) in [5.41, 5.74) is 2.56. The Kier molecular flexibility index (Phi) is 5.70. The Morgan fingerprint density at radius 2 is 1.90 bits per heavy atom. The van der Waals surface area contributed by atoms with E-state index in [9.17, 15) is 9.59 Å². The zero-order valence-corrected chi connectivity index (χ0v) is 17.7. The van der Waals surface area contributed by atoms with Gasteiger partial charge < -0.3 is 24.5 Å². The first-order chi connectivity index (χ1) is 14.5. The Balaban J connectivity index is 1.60. The minimum atomic E-state index is -0.349. The fourth-order valence-electron chi connectivity index (χ4n) is 4.56. The summed E-state index contributed by atoms with van der Waals surface area (Å²) in [4.78, 5) is 25.4. The molecule has 0 radical (unpaired) electrons. The minimum absolute atomic E-state index is 0.0304. The maximum atomic E-state index is 13.2. The molecular formula is C23H28N2O5. The van der Waals surface area contributed by atoms with Crippen LogP contribution in [0.15, 0.2) is 22.6 Å². The first kappa shape index (κ1) is 20.3. The second-order valence-corrected chi connectivity index (χ2v) is 7.92. The second kappa shape index (κ2) is 8.42. The van der Waals surface area contributed by atoms with E-state index in [2.05, 4.69) is 10.6 Å². The normalized spacial score (nSPS) is 20.8. The van der Waals surface area contributed by atoms with Crippen LogP contribution in [0, 0.1) is 6.92 Å². The van der Waals surface area contributed by atoms with Gasteiger partial charge in [0.2, 0.25) is 5.91 Å². The molecule has 1 fully saturated rings. The summed E-state index contributed by atoms with van der Waals surface area (Å²) in [6, 6.07) is 4.96. The van der Waals surface area contributed by atoms with E-state index in [0.717, 1.165) is 42.6 Å². The van der Waals surface area contributed by atoms with Crippen LogP contribution in [0.5, 0.6) is 11.5 Å². The fraction of sp³-hybridized carbons (Fsp3) is 0.478. The van der Waals surface area contributed by atoms with E-state index in [1.165, 1.54) is 0 Å². The van der Waals surface area contributed by atoms with Gasteiger partial charge in [0.15, 0.2) is 11.5 Å². The van der Waals surface area contributed by atoms with Gasteiger partial charge in [-0.2, -0.15) is 0 Å². The van der Waals surface area contributed by atoms with Crippen LogP contribution in [0.4, 0.5) is 0 Å². The molecule has 2 heterocycles. The summed E-state index contributed by atoms with van der Waals surface area (Å²) < 4.78 is 16.6. The molecule has 4 rings (SSSR count). The molecule has 2 aliphatic rings. The summed E-state index contributed by atoms with van der Waals surface area (Å²) in [6.07, 6.45) is 4.86. The summed E-state index contributed by atoms with van der Waals surface area (Å²) in [7, 11) is 3.15. The van der Waals surface area contributed by atoms with Crippen molar-refractivity contribution in [3.63, 3.8) is 0 Å². The second-order valence-electron chi connectivity index (χ2n) is 7.92. The number of furan rings is 1. The van der Waals surface area contributed by atoms with Gasteiger partial charge in [0.25, 0.3) is 5.91 Å². The van der Waals surface area contributed by atoms with Crippen molar-refractivity contribution in [3.8, 4) is 11.5 Å². The highest BCUT2D eigenvalue weighted by Gasteiger charge is 2.34. The number of hydrogen-bond acceptors (Lipinski definition) is 5. The molecule has 7 nitrogen and oxygen atoms in total. The molecule has 1 aromatic carbocycles. The van der Waals surface area contributed by atoms with Gasteiger partial charge in [0, 0.05) is 18.4 Å². The van der Waals surface area contributed by atoms with E-state index in [4.69, 9.17) is 13.9 Å². The summed E-state index contributed by atoms with van der Waals surface area (Å²) in [5, 5.41) is 6.19. The van der Waals surface area contributed by atoms with Crippen molar-refractivity contribution in [2.24, 2.45) is 0 Å². The lowest BCUT2D eigenvalue weighted by Crippen LogP contribution is -2.50. The SMILES string of the molecule is COc1ccc(C2NC(=O)CCC2NC(=O)c2c(C)oc3c2CCCC3)cc1OC. The number of methoxy groups -OCH3 is 2. The molecule has 1 aromatic heterocycles. The third kappa shape index (κ3) is 3.76. The van der Waals surface area contributed by atoms with Crippen LogP contribution in [0.3, 0.4) is 0 Å². The van der Waals surface area contributed by atoms with E-state index in [1.54, 1.807) is 14.2 Å². The molecule has 0 saturated carbocycles. The average molecular weight is 412 g/mol. The van der Waals surface area contributed by atoms with Crippen LogP contribution < -0.4 is 20.1 Å². The zero-order valence-electron chi connectivity index (χ0n) is 17.7. The Bertz CT molecular complexity index is 965. The predicted octanol–water partition coefficient (Wildman–Crippen LogP) is 3.23. The Morgan fingerprint density at radius 1 is 1.13 bits per heavy atom. The fourth-order valence-corrected chi connectivity index (χ4v) is 4.56. The van der Waals surface area contributed by atoms with Gasteiger partial charge in [-0.1, -0.05) is 6.07 Å². The van der Waals surface area contributed by atoms with E-state index in [-0.39, 0.29) is 23.9 Å². The molecule has 1 saturated heterocycles. The molecule has 2 aromatic rings. The molecule has 160 valence electrons. The van der Waals surface area contributed by atoms with E-state index < -0.39 is 0 Å². The minimum Gasteiger partial charge on any atom is -0.493 e. The molecule has 1 aliphatic carbocycles. The predicted molar refractivity (Wildman–Crippen MR) is 111 cm³/mol. The van der Waals surface area contributed by atoms with E-state index >= 15 is 0 Å². The summed E-state index contributed by atoms with van der Waals surface area (Å²) in [6.45, 7) is 1.85. The summed E-state index contributed by atoms with van der Waals surface area (Å²) >= 11 is 0. The first-order valence-electron chi connectivity index (χ1n) is 10.4. The monoisotopic (exact) mass is 412 g/mol. The Labute approximate surface area is 176 Å². The third-order valence-corrected chi connectivity index (χ3v) is 6.06. The van der Waals surface area contributed by atoms with E-state index in [0.29, 0.717) is 35.7 Å². The number of nitrogens with one attached hydrogen (secondary N) is 2. The van der Waals surface area contributed by atoms with Crippen LogP contribution in [-0.2, 0) is 17.6 Å². The van der Waals surface area contributed by atoms with Gasteiger partial charge >= 0.3 is 0 Å². The number of aryl methyl sites for hydroxylation is 2. The van der Waals surface area contributed by atoms with Gasteiger partial charge in [-0.3, -0.25) is 9.59 Å². The van der Waals surface area contributed by atoms with Crippen LogP contribution in [0.2, 0.25) is 0 Å². The van der Waals surface area contributed by atoms with Crippen molar-refractivity contribution in [1.29, 1.82) is 0 Å². The number of amides is 2. The molecule has 0 spiro atoms. The molecule has 2 unspecified atom stereocenters. The number of piperidine rings is 1. The number of fused-ring (bicyclic) bond motifs is 1. The molecule has 0 bridgehead atoms. The van der Waals surface area contributed by atoms with Crippen molar-refractivity contribution in [2.45, 2.75) is 57.5 Å². The van der Waals surface area contributed by atoms with Crippen molar-refractivity contribution >= 4 is 11.8 Å². The molecular weight excluding hydrogens is 384 g/mol. The Morgan fingerprint density at radius 3 is 2.67 bits per heavy atom.